The van der Waals surface area contributed by atoms with E-state index in [-0.39, 0.29) is 11.8 Å². The van der Waals surface area contributed by atoms with Crippen molar-refractivity contribution < 1.29 is 14.3 Å². The first-order valence-electron chi connectivity index (χ1n) is 7.16. The van der Waals surface area contributed by atoms with Crippen molar-refractivity contribution in [3.8, 4) is 0 Å². The number of halogens is 2. The number of hydrogen-bond donors (Lipinski definition) is 1. The number of carbonyl (C=O) groups excluding carboxylic acids is 2. The molecule has 0 radical (unpaired) electrons. The molecule has 5 nitrogen and oxygen atoms in total. The van der Waals surface area contributed by atoms with Crippen molar-refractivity contribution in [2.45, 2.75) is 12.8 Å². The summed E-state index contributed by atoms with van der Waals surface area (Å²) in [6.07, 6.45) is 1.13. The average molecular weight is 343 g/mol. The lowest BCUT2D eigenvalue weighted by Gasteiger charge is -2.30. The van der Waals surface area contributed by atoms with Gasteiger partial charge in [-0.05, 0) is 31.0 Å². The predicted octanol–water partition coefficient (Wildman–Crippen LogP) is 2.57. The molecular weight excluding hydrogens is 327 g/mol. The Morgan fingerprint density at radius 3 is 2.50 bits per heavy atom. The lowest BCUT2D eigenvalue weighted by Crippen LogP contribution is -2.47. The second-order valence-electron chi connectivity index (χ2n) is 5.56. The standard InChI is InChI=1S/C15H16Cl2N2O3/c16-10-1-2-11(17)12(9-10)18-13(20)15(3-4-15)14(21)19-5-7-22-8-6-19/h1-2,9H,3-8H2,(H,18,20). The van der Waals surface area contributed by atoms with E-state index in [2.05, 4.69) is 5.32 Å². The molecule has 1 saturated carbocycles. The van der Waals surface area contributed by atoms with Crippen molar-refractivity contribution in [2.24, 2.45) is 5.41 Å². The Morgan fingerprint density at radius 1 is 1.18 bits per heavy atom. The first-order chi connectivity index (χ1) is 10.5. The smallest absolute Gasteiger partial charge is 0.240 e. The Bertz CT molecular complexity index is 611. The number of ether oxygens (including phenoxy) is 1. The molecule has 0 spiro atoms. The van der Waals surface area contributed by atoms with Gasteiger partial charge in [0, 0.05) is 18.1 Å². The summed E-state index contributed by atoms with van der Waals surface area (Å²) in [5.74, 6) is -0.431. The van der Waals surface area contributed by atoms with Crippen molar-refractivity contribution in [3.05, 3.63) is 28.2 Å². The van der Waals surface area contributed by atoms with Crippen molar-refractivity contribution in [1.82, 2.24) is 4.90 Å². The number of hydrogen-bond acceptors (Lipinski definition) is 3. The molecule has 2 amide bonds. The van der Waals surface area contributed by atoms with E-state index in [4.69, 9.17) is 27.9 Å². The zero-order valence-electron chi connectivity index (χ0n) is 11.9. The third-order valence-corrected chi connectivity index (χ3v) is 4.63. The van der Waals surface area contributed by atoms with E-state index >= 15 is 0 Å². The first-order valence-corrected chi connectivity index (χ1v) is 7.92. The van der Waals surface area contributed by atoms with Crippen LogP contribution >= 0.6 is 23.2 Å². The largest absolute Gasteiger partial charge is 0.378 e. The Balaban J connectivity index is 1.73. The molecule has 1 aliphatic carbocycles. The second-order valence-corrected chi connectivity index (χ2v) is 6.41. The van der Waals surface area contributed by atoms with Crippen LogP contribution in [0.1, 0.15) is 12.8 Å². The Hall–Kier alpha value is -1.30. The molecule has 1 aliphatic heterocycles. The van der Waals surface area contributed by atoms with E-state index in [1.54, 1.807) is 23.1 Å². The summed E-state index contributed by atoms with van der Waals surface area (Å²) in [6, 6.07) is 4.84. The first kappa shape index (κ1) is 15.6. The highest BCUT2D eigenvalue weighted by molar-refractivity contribution is 6.36. The van der Waals surface area contributed by atoms with Crippen LogP contribution in [0.4, 0.5) is 5.69 Å². The zero-order chi connectivity index (χ0) is 15.7. The lowest BCUT2D eigenvalue weighted by molar-refractivity contribution is -0.145. The van der Waals surface area contributed by atoms with Gasteiger partial charge >= 0.3 is 0 Å². The minimum absolute atomic E-state index is 0.119. The van der Waals surface area contributed by atoms with Crippen LogP contribution in [0.15, 0.2) is 18.2 Å². The van der Waals surface area contributed by atoms with Gasteiger partial charge in [0.1, 0.15) is 5.41 Å². The zero-order valence-corrected chi connectivity index (χ0v) is 13.4. The van der Waals surface area contributed by atoms with Crippen molar-refractivity contribution in [1.29, 1.82) is 0 Å². The molecule has 118 valence electrons. The van der Waals surface area contributed by atoms with Crippen LogP contribution < -0.4 is 5.32 Å². The third-order valence-electron chi connectivity index (χ3n) is 4.07. The van der Waals surface area contributed by atoms with Gasteiger partial charge in [0.05, 0.1) is 23.9 Å². The summed E-state index contributed by atoms with van der Waals surface area (Å²) in [5, 5.41) is 3.61. The maximum atomic E-state index is 12.6. The monoisotopic (exact) mass is 342 g/mol. The second kappa shape index (κ2) is 6.07. The fourth-order valence-electron chi connectivity index (χ4n) is 2.57. The van der Waals surface area contributed by atoms with E-state index in [0.717, 1.165) is 0 Å². The number of carbonyl (C=O) groups is 2. The molecule has 1 N–H and O–H groups in total. The minimum atomic E-state index is -0.955. The summed E-state index contributed by atoms with van der Waals surface area (Å²) in [6.45, 7) is 2.10. The van der Waals surface area contributed by atoms with Crippen molar-refractivity contribution >= 4 is 40.7 Å². The van der Waals surface area contributed by atoms with Gasteiger partial charge in [0.15, 0.2) is 0 Å². The van der Waals surface area contributed by atoms with E-state index in [1.807, 2.05) is 0 Å². The van der Waals surface area contributed by atoms with Crippen LogP contribution in [-0.4, -0.2) is 43.0 Å². The Kier molecular flexibility index (Phi) is 4.30. The van der Waals surface area contributed by atoms with E-state index in [1.165, 1.54) is 0 Å². The van der Waals surface area contributed by atoms with Gasteiger partial charge in [0.2, 0.25) is 11.8 Å². The molecule has 0 aromatic heterocycles. The van der Waals surface area contributed by atoms with E-state index in [9.17, 15) is 9.59 Å². The van der Waals surface area contributed by atoms with Gasteiger partial charge in [-0.3, -0.25) is 9.59 Å². The molecule has 22 heavy (non-hydrogen) atoms. The molecule has 1 aromatic carbocycles. The van der Waals surface area contributed by atoms with Crippen LogP contribution in [0, 0.1) is 5.41 Å². The molecule has 0 unspecified atom stereocenters. The van der Waals surface area contributed by atoms with E-state index < -0.39 is 5.41 Å². The maximum absolute atomic E-state index is 12.6. The molecule has 1 aromatic rings. The van der Waals surface area contributed by atoms with Gasteiger partial charge in [0.25, 0.3) is 0 Å². The van der Waals surface area contributed by atoms with Crippen LogP contribution in [0.3, 0.4) is 0 Å². The SMILES string of the molecule is O=C(Nc1cc(Cl)ccc1Cl)C1(C(=O)N2CCOCC2)CC1. The number of rotatable bonds is 3. The summed E-state index contributed by atoms with van der Waals surface area (Å²) < 4.78 is 5.24. The molecule has 7 heteroatoms. The number of amides is 2. The highest BCUT2D eigenvalue weighted by Gasteiger charge is 2.58. The summed E-state index contributed by atoms with van der Waals surface area (Å²) in [4.78, 5) is 26.9. The fourth-order valence-corrected chi connectivity index (χ4v) is 2.90. The maximum Gasteiger partial charge on any atom is 0.240 e. The van der Waals surface area contributed by atoms with Crippen LogP contribution in [0.25, 0.3) is 0 Å². The molecule has 2 fully saturated rings. The average Bonchev–Trinajstić information content (AvgIpc) is 3.33. The van der Waals surface area contributed by atoms with E-state index in [0.29, 0.717) is 54.9 Å². The van der Waals surface area contributed by atoms with Crippen molar-refractivity contribution in [3.63, 3.8) is 0 Å². The Labute approximate surface area is 138 Å². The number of nitrogens with zero attached hydrogens (tertiary/aromatic N) is 1. The molecule has 0 bridgehead atoms. The predicted molar refractivity (Wildman–Crippen MR) is 84.2 cm³/mol. The Morgan fingerprint density at radius 2 is 1.86 bits per heavy atom. The minimum Gasteiger partial charge on any atom is -0.378 e. The highest BCUT2D eigenvalue weighted by Crippen LogP contribution is 2.48. The van der Waals surface area contributed by atoms with Gasteiger partial charge < -0.3 is 15.0 Å². The van der Waals surface area contributed by atoms with Gasteiger partial charge in [-0.1, -0.05) is 23.2 Å². The highest BCUT2D eigenvalue weighted by atomic mass is 35.5. The lowest BCUT2D eigenvalue weighted by atomic mass is 10.0. The normalized spacial score (nSPS) is 19.6. The fraction of sp³-hybridized carbons (Fsp3) is 0.467. The summed E-state index contributed by atoms with van der Waals surface area (Å²) in [5.41, 5.74) is -0.525. The molecule has 3 rings (SSSR count). The summed E-state index contributed by atoms with van der Waals surface area (Å²) in [7, 11) is 0. The molecular formula is C15H16Cl2N2O3. The summed E-state index contributed by atoms with van der Waals surface area (Å²) >= 11 is 12.0. The van der Waals surface area contributed by atoms with Crippen LogP contribution in [0.5, 0.6) is 0 Å². The number of benzene rings is 1. The topological polar surface area (TPSA) is 58.6 Å². The molecule has 0 atom stereocenters. The van der Waals surface area contributed by atoms with Gasteiger partial charge in [-0.15, -0.1) is 0 Å². The van der Waals surface area contributed by atoms with Gasteiger partial charge in [-0.25, -0.2) is 0 Å². The van der Waals surface area contributed by atoms with Crippen LogP contribution in [-0.2, 0) is 14.3 Å². The quantitative estimate of drug-likeness (QED) is 0.859. The third kappa shape index (κ3) is 2.93. The number of anilines is 1. The number of morpholine rings is 1. The molecule has 1 heterocycles. The van der Waals surface area contributed by atoms with Gasteiger partial charge in [-0.2, -0.15) is 0 Å². The molecule has 2 aliphatic rings. The van der Waals surface area contributed by atoms with Crippen molar-refractivity contribution in [2.75, 3.05) is 31.6 Å². The number of nitrogens with one attached hydrogen (secondary N) is 1. The molecule has 1 saturated heterocycles. The van der Waals surface area contributed by atoms with Crippen LogP contribution in [0.2, 0.25) is 10.0 Å².